The first-order valence-corrected chi connectivity index (χ1v) is 6.35. The van der Waals surface area contributed by atoms with Gasteiger partial charge >= 0.3 is 17.9 Å². The summed E-state index contributed by atoms with van der Waals surface area (Å²) in [6.45, 7) is 3.40. The van der Waals surface area contributed by atoms with Gasteiger partial charge in [0.1, 0.15) is 0 Å². The van der Waals surface area contributed by atoms with Gasteiger partial charge in [-0.25, -0.2) is 4.79 Å². The average Bonchev–Trinajstić information content (AvgIpc) is 2.36. The molecule has 19 heavy (non-hydrogen) atoms. The lowest BCUT2D eigenvalue weighted by Gasteiger charge is -2.29. The van der Waals surface area contributed by atoms with Gasteiger partial charge in [-0.05, 0) is 26.2 Å². The molecule has 0 saturated carbocycles. The summed E-state index contributed by atoms with van der Waals surface area (Å²) in [5.41, 5.74) is 0. The Hall–Kier alpha value is -1.18. The third-order valence-corrected chi connectivity index (χ3v) is 2.67. The Bertz CT molecular complexity index is 328. The fourth-order valence-electron chi connectivity index (χ4n) is 1.58. The minimum Gasteiger partial charge on any atom is -0.396 e. The van der Waals surface area contributed by atoms with Crippen LogP contribution in [0.3, 0.4) is 0 Å². The minimum atomic E-state index is -2.66. The first-order valence-electron chi connectivity index (χ1n) is 6.35. The molecule has 7 heteroatoms. The van der Waals surface area contributed by atoms with Crippen molar-refractivity contribution in [1.82, 2.24) is 0 Å². The molecule has 0 amide bonds. The third kappa shape index (κ3) is 4.45. The number of carbonyl (C=O) groups is 2. The molecule has 0 radical (unpaired) electrons. The summed E-state index contributed by atoms with van der Waals surface area (Å²) in [5, 5.41) is 19.3. The van der Waals surface area contributed by atoms with Gasteiger partial charge in [-0.1, -0.05) is 6.92 Å². The molecule has 1 rings (SSSR count). The van der Waals surface area contributed by atoms with Gasteiger partial charge in [-0.3, -0.25) is 4.79 Å². The Kier molecular flexibility index (Phi) is 5.71. The van der Waals surface area contributed by atoms with Crippen molar-refractivity contribution in [3.05, 3.63) is 0 Å². The van der Waals surface area contributed by atoms with Crippen molar-refractivity contribution >= 4 is 11.9 Å². The van der Waals surface area contributed by atoms with Gasteiger partial charge in [0.2, 0.25) is 0 Å². The maximum atomic E-state index is 11.8. The zero-order valence-electron chi connectivity index (χ0n) is 11.1. The number of aliphatic hydroxyl groups excluding tert-OH is 1. The number of ether oxygens (including phenoxy) is 3. The van der Waals surface area contributed by atoms with Crippen LogP contribution in [-0.2, 0) is 23.8 Å². The predicted octanol–water partition coefficient (Wildman–Crippen LogP) is 0.0788. The van der Waals surface area contributed by atoms with E-state index >= 15 is 0 Å². The highest BCUT2D eigenvalue weighted by molar-refractivity contribution is 5.76. The first-order chi connectivity index (χ1) is 8.89. The second-order valence-electron chi connectivity index (χ2n) is 4.45. The van der Waals surface area contributed by atoms with E-state index < -0.39 is 30.1 Å². The van der Waals surface area contributed by atoms with Crippen LogP contribution >= 0.6 is 0 Å². The molecule has 1 aliphatic rings. The Labute approximate surface area is 111 Å². The van der Waals surface area contributed by atoms with Crippen molar-refractivity contribution in [1.29, 1.82) is 0 Å². The van der Waals surface area contributed by atoms with Crippen LogP contribution in [0.25, 0.3) is 0 Å². The van der Waals surface area contributed by atoms with E-state index in [9.17, 15) is 19.8 Å². The minimum absolute atomic E-state index is 0.0116. The van der Waals surface area contributed by atoms with Gasteiger partial charge in [0.15, 0.2) is 12.2 Å². The molecule has 0 bridgehead atoms. The molecule has 7 nitrogen and oxygen atoms in total. The zero-order valence-corrected chi connectivity index (χ0v) is 11.1. The number of cyclic esters (lactones) is 2. The van der Waals surface area contributed by atoms with Crippen LogP contribution in [0.2, 0.25) is 0 Å². The van der Waals surface area contributed by atoms with Gasteiger partial charge in [0, 0.05) is 13.0 Å². The lowest BCUT2D eigenvalue weighted by atomic mass is 10.1. The fourth-order valence-corrected chi connectivity index (χ4v) is 1.58. The van der Waals surface area contributed by atoms with Gasteiger partial charge < -0.3 is 24.4 Å². The standard InChI is InChI=1S/C12H20O7/c1-3-7-17-9-5-4-6-10(14)18-12(16,8(2)13)19-11(9)15/h8-9,13,16H,3-7H2,1-2H3. The molecule has 0 aliphatic carbocycles. The van der Waals surface area contributed by atoms with Crippen molar-refractivity contribution in [2.75, 3.05) is 6.61 Å². The number of hydrogen-bond donors (Lipinski definition) is 2. The molecule has 1 fully saturated rings. The van der Waals surface area contributed by atoms with Gasteiger partial charge in [-0.15, -0.1) is 0 Å². The highest BCUT2D eigenvalue weighted by Gasteiger charge is 2.44. The molecule has 1 aliphatic heterocycles. The first kappa shape index (κ1) is 15.9. The van der Waals surface area contributed by atoms with Crippen LogP contribution < -0.4 is 0 Å². The Morgan fingerprint density at radius 1 is 1.47 bits per heavy atom. The summed E-state index contributed by atoms with van der Waals surface area (Å²) >= 11 is 0. The molecular formula is C12H20O7. The van der Waals surface area contributed by atoms with E-state index in [1.165, 1.54) is 0 Å². The molecule has 2 N–H and O–H groups in total. The highest BCUT2D eigenvalue weighted by atomic mass is 16.9. The lowest BCUT2D eigenvalue weighted by Crippen LogP contribution is -2.50. The molecule has 3 unspecified atom stereocenters. The van der Waals surface area contributed by atoms with E-state index in [-0.39, 0.29) is 6.42 Å². The SMILES string of the molecule is CCCOC1CCCC(=O)OC(O)(C(C)O)OC1=O. The molecular weight excluding hydrogens is 256 g/mol. The maximum absolute atomic E-state index is 11.8. The molecule has 0 aromatic heterocycles. The Balaban J connectivity index is 2.83. The van der Waals surface area contributed by atoms with E-state index in [0.717, 1.165) is 13.3 Å². The van der Waals surface area contributed by atoms with Crippen molar-refractivity contribution in [2.45, 2.75) is 57.7 Å². The second-order valence-corrected chi connectivity index (χ2v) is 4.45. The predicted molar refractivity (Wildman–Crippen MR) is 62.7 cm³/mol. The molecule has 0 spiro atoms. The van der Waals surface area contributed by atoms with Gasteiger partial charge in [0.25, 0.3) is 0 Å². The largest absolute Gasteiger partial charge is 0.400 e. The fraction of sp³-hybridized carbons (Fsp3) is 0.833. The van der Waals surface area contributed by atoms with Crippen molar-refractivity contribution < 1.29 is 34.0 Å². The van der Waals surface area contributed by atoms with Crippen LogP contribution in [0.15, 0.2) is 0 Å². The summed E-state index contributed by atoms with van der Waals surface area (Å²) in [6.07, 6.45) is -1.04. The Morgan fingerprint density at radius 3 is 2.74 bits per heavy atom. The van der Waals surface area contributed by atoms with E-state index in [4.69, 9.17) is 9.47 Å². The highest BCUT2D eigenvalue weighted by Crippen LogP contribution is 2.22. The number of carbonyl (C=O) groups excluding carboxylic acids is 2. The summed E-state index contributed by atoms with van der Waals surface area (Å²) in [6, 6.07) is 0. The zero-order chi connectivity index (χ0) is 14.5. The molecule has 0 aromatic rings. The molecule has 110 valence electrons. The number of rotatable bonds is 4. The smallest absolute Gasteiger partial charge is 0.396 e. The van der Waals surface area contributed by atoms with E-state index in [0.29, 0.717) is 19.4 Å². The van der Waals surface area contributed by atoms with Gasteiger partial charge in [-0.2, -0.15) is 0 Å². The molecule has 3 atom stereocenters. The van der Waals surface area contributed by atoms with Crippen LogP contribution in [0.4, 0.5) is 0 Å². The van der Waals surface area contributed by atoms with E-state index in [2.05, 4.69) is 4.74 Å². The number of esters is 2. The maximum Gasteiger partial charge on any atom is 0.400 e. The quantitative estimate of drug-likeness (QED) is 0.701. The third-order valence-electron chi connectivity index (χ3n) is 2.67. The monoisotopic (exact) mass is 276 g/mol. The van der Waals surface area contributed by atoms with Crippen LogP contribution in [0.5, 0.6) is 0 Å². The van der Waals surface area contributed by atoms with Crippen LogP contribution in [-0.4, -0.2) is 46.9 Å². The van der Waals surface area contributed by atoms with Crippen molar-refractivity contribution in [2.24, 2.45) is 0 Å². The molecule has 1 saturated heterocycles. The topological polar surface area (TPSA) is 102 Å². The molecule has 1 heterocycles. The summed E-state index contributed by atoms with van der Waals surface area (Å²) < 4.78 is 14.6. The van der Waals surface area contributed by atoms with Gasteiger partial charge in [0.05, 0.1) is 0 Å². The van der Waals surface area contributed by atoms with E-state index in [1.54, 1.807) is 0 Å². The van der Waals surface area contributed by atoms with Crippen LogP contribution in [0, 0.1) is 0 Å². The van der Waals surface area contributed by atoms with Crippen molar-refractivity contribution in [3.63, 3.8) is 0 Å². The number of aliphatic hydroxyl groups is 2. The summed E-state index contributed by atoms with van der Waals surface area (Å²) in [4.78, 5) is 23.3. The Morgan fingerprint density at radius 2 is 2.16 bits per heavy atom. The average molecular weight is 276 g/mol. The summed E-state index contributed by atoms with van der Waals surface area (Å²) in [5.74, 6) is -4.26. The molecule has 0 aromatic carbocycles. The van der Waals surface area contributed by atoms with E-state index in [1.807, 2.05) is 6.92 Å². The normalized spacial score (nSPS) is 30.6. The van der Waals surface area contributed by atoms with Crippen molar-refractivity contribution in [3.8, 4) is 0 Å². The summed E-state index contributed by atoms with van der Waals surface area (Å²) in [7, 11) is 0. The second kappa shape index (κ2) is 6.83. The lowest BCUT2D eigenvalue weighted by molar-refractivity contribution is -0.359. The number of hydrogen-bond acceptors (Lipinski definition) is 7. The van der Waals surface area contributed by atoms with Crippen LogP contribution in [0.1, 0.15) is 39.5 Å².